The average Bonchev–Trinajstić information content (AvgIpc) is 3.06. The van der Waals surface area contributed by atoms with E-state index in [9.17, 15) is 24.3 Å². The number of nitrogens with zero attached hydrogens (tertiary/aromatic N) is 1. The predicted octanol–water partition coefficient (Wildman–Crippen LogP) is 6.35. The lowest BCUT2D eigenvalue weighted by molar-refractivity contribution is -0.200. The van der Waals surface area contributed by atoms with Crippen molar-refractivity contribution in [2.45, 2.75) is 106 Å². The van der Waals surface area contributed by atoms with Crippen LogP contribution in [0.25, 0.3) is 0 Å². The normalized spacial score (nSPS) is 39.8. The van der Waals surface area contributed by atoms with E-state index in [0.717, 1.165) is 38.5 Å². The van der Waals surface area contributed by atoms with Crippen LogP contribution in [-0.4, -0.2) is 94.0 Å². The number of likely N-dealkylation sites (N-methyl/N-ethyl adjacent to an activating group) is 1. The van der Waals surface area contributed by atoms with Crippen LogP contribution in [0.5, 0.6) is 0 Å². The highest BCUT2D eigenvalue weighted by Crippen LogP contribution is 2.75. The zero-order valence-electron chi connectivity index (χ0n) is 32.9. The van der Waals surface area contributed by atoms with Gasteiger partial charge in [0.25, 0.3) is 5.91 Å². The van der Waals surface area contributed by atoms with Gasteiger partial charge in [-0.15, -0.1) is 0 Å². The summed E-state index contributed by atoms with van der Waals surface area (Å²) in [6.07, 6.45) is 9.30. The molecule has 0 bridgehead atoms. The number of carbonyl (C=O) groups is 4. The molecule has 0 aromatic heterocycles. The monoisotopic (exact) mass is 715 g/mol. The average molecular weight is 716 g/mol. The van der Waals surface area contributed by atoms with Crippen molar-refractivity contribution in [3.05, 3.63) is 11.6 Å². The highest BCUT2D eigenvalue weighted by atomic mass is 16.5. The molecule has 288 valence electrons. The molecule has 0 saturated heterocycles. The molecule has 0 spiro atoms. The third kappa shape index (κ3) is 6.84. The maximum absolute atomic E-state index is 14.7. The molecule has 4 saturated carbocycles. The van der Waals surface area contributed by atoms with Gasteiger partial charge >= 0.3 is 11.9 Å². The summed E-state index contributed by atoms with van der Waals surface area (Å²) in [7, 11) is 3.30. The second-order valence-electron chi connectivity index (χ2n) is 18.6. The molecule has 0 aromatic carbocycles. The van der Waals surface area contributed by atoms with Gasteiger partial charge in [0.1, 0.15) is 0 Å². The largest absolute Gasteiger partial charge is 0.481 e. The quantitative estimate of drug-likeness (QED) is 0.171. The molecular formula is C41H65NO9. The van der Waals surface area contributed by atoms with Crippen molar-refractivity contribution in [1.29, 1.82) is 0 Å². The Bertz CT molecular complexity index is 1390. The Morgan fingerprint density at radius 1 is 0.863 bits per heavy atom. The van der Waals surface area contributed by atoms with Crippen LogP contribution in [0.3, 0.4) is 0 Å². The van der Waals surface area contributed by atoms with Gasteiger partial charge in [0.15, 0.2) is 12.4 Å². The van der Waals surface area contributed by atoms with Crippen LogP contribution in [0.4, 0.5) is 0 Å². The fourth-order valence-corrected chi connectivity index (χ4v) is 11.9. The highest BCUT2D eigenvalue weighted by Gasteiger charge is 2.70. The van der Waals surface area contributed by atoms with Gasteiger partial charge in [0.05, 0.1) is 44.4 Å². The molecule has 1 amide bonds. The molecule has 4 fully saturated rings. The molecule has 0 heterocycles. The van der Waals surface area contributed by atoms with Crippen LogP contribution in [0.2, 0.25) is 0 Å². The van der Waals surface area contributed by atoms with Crippen LogP contribution < -0.4 is 0 Å². The molecule has 0 unspecified atom stereocenters. The molecule has 9 atom stereocenters. The summed E-state index contributed by atoms with van der Waals surface area (Å²) in [5, 5.41) is 10.2. The number of aliphatic carboxylic acids is 1. The van der Waals surface area contributed by atoms with E-state index in [2.05, 4.69) is 41.5 Å². The fraction of sp³-hybridized carbons (Fsp3) is 0.854. The van der Waals surface area contributed by atoms with Crippen molar-refractivity contribution < 1.29 is 43.2 Å². The first kappa shape index (κ1) is 39.9. The molecule has 0 aromatic rings. The summed E-state index contributed by atoms with van der Waals surface area (Å²) < 4.78 is 21.6. The summed E-state index contributed by atoms with van der Waals surface area (Å²) in [5.74, 6) is -1.48. The number of hydrogen-bond acceptors (Lipinski definition) is 8. The Balaban J connectivity index is 1.26. The minimum atomic E-state index is -0.779. The van der Waals surface area contributed by atoms with Crippen molar-refractivity contribution in [2.75, 3.05) is 60.3 Å². The first-order valence-corrected chi connectivity index (χ1v) is 19.4. The van der Waals surface area contributed by atoms with Gasteiger partial charge in [-0.2, -0.15) is 0 Å². The third-order valence-corrected chi connectivity index (χ3v) is 15.5. The molecule has 51 heavy (non-hydrogen) atoms. The van der Waals surface area contributed by atoms with Crippen molar-refractivity contribution in [2.24, 2.45) is 56.2 Å². The topological polar surface area (TPSA) is 129 Å². The zero-order chi connectivity index (χ0) is 37.6. The number of carbonyl (C=O) groups excluding carboxylic acids is 3. The molecule has 10 heteroatoms. The number of amides is 1. The van der Waals surface area contributed by atoms with E-state index in [1.165, 1.54) is 10.5 Å². The van der Waals surface area contributed by atoms with E-state index in [-0.39, 0.29) is 69.6 Å². The highest BCUT2D eigenvalue weighted by molar-refractivity contribution is 5.96. The molecule has 0 aliphatic heterocycles. The van der Waals surface area contributed by atoms with Gasteiger partial charge in [0.2, 0.25) is 0 Å². The lowest BCUT2D eigenvalue weighted by atomic mass is 9.33. The summed E-state index contributed by atoms with van der Waals surface area (Å²) in [6.45, 7) is 17.9. The molecule has 5 aliphatic rings. The van der Waals surface area contributed by atoms with E-state index in [1.54, 1.807) is 14.2 Å². The number of ketones is 1. The van der Waals surface area contributed by atoms with Crippen molar-refractivity contribution in [3.63, 3.8) is 0 Å². The van der Waals surface area contributed by atoms with Crippen LogP contribution in [0.1, 0.15) is 106 Å². The van der Waals surface area contributed by atoms with Crippen LogP contribution in [0, 0.1) is 56.2 Å². The van der Waals surface area contributed by atoms with Crippen LogP contribution in [0.15, 0.2) is 11.6 Å². The van der Waals surface area contributed by atoms with E-state index in [1.807, 2.05) is 13.0 Å². The standard InChI is InChI=1S/C41H65NO9/c1-36(2)27(34(45)51-26-32(44)42(8)18-19-49-22-23-50-21-20-48-9)10-12-39(5)31(36)11-13-41(7)33(39)30(43)24-28-29-25-38(4,35(46)47)15-14-37(29,3)16-17-40(28,41)6/h24,27,29,31,33H,10-23,25-26H2,1-9H3,(H,46,47)/t27-,29+,31+,33-,37-,38+,39+,40-,41-/m1/s1. The zero-order valence-corrected chi connectivity index (χ0v) is 32.9. The number of allylic oxidation sites excluding steroid dienone is 2. The second kappa shape index (κ2) is 14.5. The summed E-state index contributed by atoms with van der Waals surface area (Å²) in [5.41, 5.74) is -0.757. The van der Waals surface area contributed by atoms with E-state index < -0.39 is 16.8 Å². The third-order valence-electron chi connectivity index (χ3n) is 15.5. The maximum atomic E-state index is 14.7. The Morgan fingerprint density at radius 3 is 2.18 bits per heavy atom. The number of ether oxygens (including phenoxy) is 4. The number of esters is 1. The molecular weight excluding hydrogens is 650 g/mol. The van der Waals surface area contributed by atoms with E-state index >= 15 is 0 Å². The van der Waals surface area contributed by atoms with Gasteiger partial charge in [-0.25, -0.2) is 0 Å². The summed E-state index contributed by atoms with van der Waals surface area (Å²) in [6, 6.07) is 0. The van der Waals surface area contributed by atoms with Gasteiger partial charge in [-0.1, -0.05) is 47.1 Å². The first-order valence-electron chi connectivity index (χ1n) is 19.4. The minimum Gasteiger partial charge on any atom is -0.481 e. The van der Waals surface area contributed by atoms with E-state index in [0.29, 0.717) is 58.8 Å². The minimum absolute atomic E-state index is 0.00867. The second-order valence-corrected chi connectivity index (χ2v) is 18.6. The Hall–Kier alpha value is -2.30. The number of methoxy groups -OCH3 is 1. The van der Waals surface area contributed by atoms with Gasteiger partial charge in [-0.3, -0.25) is 19.2 Å². The molecule has 5 aliphatic carbocycles. The molecule has 10 nitrogen and oxygen atoms in total. The first-order chi connectivity index (χ1) is 23.8. The lowest BCUT2D eigenvalue weighted by Crippen LogP contribution is -2.66. The summed E-state index contributed by atoms with van der Waals surface area (Å²) in [4.78, 5) is 55.1. The molecule has 5 rings (SSSR count). The van der Waals surface area contributed by atoms with Crippen LogP contribution >= 0.6 is 0 Å². The van der Waals surface area contributed by atoms with Crippen molar-refractivity contribution >= 4 is 23.6 Å². The SMILES string of the molecule is COCCOCCOCCN(C)C(=O)COC(=O)[C@H]1CC[C@]2(C)[C@H]3C(=O)C=C4[C@@H]5C[C@@](C)(C(=O)O)CC[C@]5(C)CC[C@@]4(C)[C@]3(C)CC[C@H]2C1(C)C. The smallest absolute Gasteiger partial charge is 0.309 e. The lowest BCUT2D eigenvalue weighted by Gasteiger charge is -2.70. The number of fused-ring (bicyclic) bond motifs is 7. The number of rotatable bonds is 13. The Labute approximate surface area is 305 Å². The predicted molar refractivity (Wildman–Crippen MR) is 193 cm³/mol. The fourth-order valence-electron chi connectivity index (χ4n) is 11.9. The van der Waals surface area contributed by atoms with Gasteiger partial charge in [-0.05, 0) is 110 Å². The molecule has 0 radical (unpaired) electrons. The van der Waals surface area contributed by atoms with Crippen molar-refractivity contribution in [3.8, 4) is 0 Å². The van der Waals surface area contributed by atoms with Gasteiger partial charge in [0, 0.05) is 26.6 Å². The number of carboxylic acid groups (broad SMARTS) is 1. The summed E-state index contributed by atoms with van der Waals surface area (Å²) >= 11 is 0. The van der Waals surface area contributed by atoms with E-state index in [4.69, 9.17) is 18.9 Å². The molecule has 1 N–H and O–H groups in total. The Kier molecular flexibility index (Phi) is 11.3. The van der Waals surface area contributed by atoms with Gasteiger partial charge < -0.3 is 29.0 Å². The number of hydrogen-bond donors (Lipinski definition) is 1. The van der Waals surface area contributed by atoms with Crippen LogP contribution in [-0.2, 0) is 38.1 Å². The number of carboxylic acids is 1. The van der Waals surface area contributed by atoms with Crippen molar-refractivity contribution in [1.82, 2.24) is 4.90 Å². The Morgan fingerprint density at radius 2 is 1.51 bits per heavy atom. The maximum Gasteiger partial charge on any atom is 0.309 e.